The van der Waals surface area contributed by atoms with E-state index in [9.17, 15) is 0 Å². The summed E-state index contributed by atoms with van der Waals surface area (Å²) >= 11 is 0. The van der Waals surface area contributed by atoms with Crippen molar-refractivity contribution in [3.8, 4) is 0 Å². The molecule has 0 amide bonds. The molecule has 0 aliphatic carbocycles. The Morgan fingerprint density at radius 3 is 2.23 bits per heavy atom. The number of rotatable bonds is 1. The number of hydrogen-bond donors (Lipinski definition) is 0. The zero-order chi connectivity index (χ0) is 9.90. The van der Waals surface area contributed by atoms with Gasteiger partial charge in [0.25, 0.3) is 0 Å². The van der Waals surface area contributed by atoms with E-state index in [0.717, 1.165) is 0 Å². The van der Waals surface area contributed by atoms with Crippen molar-refractivity contribution < 1.29 is 0 Å². The Labute approximate surface area is 82.8 Å². The standard InChI is InChI=1S/C11H18BSi/c1-12-10-8-6-5-7-9-11(12)13(2,3)4/h5-10H,1-4H3/q-1/b6-5?,7-5?,8-6?,9-7?,10-8-,11-9?. The summed E-state index contributed by atoms with van der Waals surface area (Å²) in [5.41, 5.74) is 0. The largest absolute Gasteiger partial charge is 0.265 e. The van der Waals surface area contributed by atoms with E-state index in [1.165, 1.54) is 0 Å². The van der Waals surface area contributed by atoms with Crippen molar-refractivity contribution in [2.24, 2.45) is 0 Å². The van der Waals surface area contributed by atoms with E-state index >= 15 is 0 Å². The number of allylic oxidation sites excluding steroid dienone is 5. The second kappa shape index (κ2) is 4.05. The Bertz CT molecular complexity index is 301. The highest BCUT2D eigenvalue weighted by molar-refractivity contribution is 7.18. The molecule has 70 valence electrons. The molecule has 0 aromatic rings. The minimum atomic E-state index is -1.13. The van der Waals surface area contributed by atoms with Gasteiger partial charge in [-0.05, 0) is 0 Å². The van der Waals surface area contributed by atoms with Crippen LogP contribution < -0.4 is 0 Å². The highest BCUT2D eigenvalue weighted by Crippen LogP contribution is 2.07. The third kappa shape index (κ3) is 2.96. The molecule has 2 heteroatoms. The van der Waals surface area contributed by atoms with E-state index in [0.29, 0.717) is 6.35 Å². The second-order valence-corrected chi connectivity index (χ2v) is 9.70. The summed E-state index contributed by atoms with van der Waals surface area (Å²) in [4.78, 5) is 0. The molecule has 0 atom stereocenters. The molecule has 1 aliphatic heterocycles. The van der Waals surface area contributed by atoms with Crippen molar-refractivity contribution in [2.75, 3.05) is 0 Å². The summed E-state index contributed by atoms with van der Waals surface area (Å²) < 4.78 is 0. The van der Waals surface area contributed by atoms with Crippen LogP contribution >= 0.6 is 0 Å². The van der Waals surface area contributed by atoms with Gasteiger partial charge in [0.2, 0.25) is 0 Å². The Hall–Kier alpha value is -0.628. The van der Waals surface area contributed by atoms with Gasteiger partial charge in [-0.15, -0.1) is 18.5 Å². The third-order valence-corrected chi connectivity index (χ3v) is 4.72. The van der Waals surface area contributed by atoms with Gasteiger partial charge < -0.3 is 0 Å². The lowest BCUT2D eigenvalue weighted by molar-refractivity contribution is 1.82. The van der Waals surface area contributed by atoms with Crippen LogP contribution in [0.15, 0.2) is 36.4 Å². The van der Waals surface area contributed by atoms with Gasteiger partial charge in [0.05, 0.1) is 0 Å². The van der Waals surface area contributed by atoms with Crippen molar-refractivity contribution in [1.29, 1.82) is 0 Å². The van der Waals surface area contributed by atoms with Gasteiger partial charge in [0, 0.05) is 8.07 Å². The van der Waals surface area contributed by atoms with Crippen LogP contribution in [-0.4, -0.2) is 19.5 Å². The van der Waals surface area contributed by atoms with E-state index in [1.807, 2.05) is 0 Å². The minimum Gasteiger partial charge on any atom is -0.265 e. The van der Waals surface area contributed by atoms with Crippen LogP contribution in [0.4, 0.5) is 0 Å². The van der Waals surface area contributed by atoms with Gasteiger partial charge in [-0.25, -0.2) is 6.82 Å². The maximum atomic E-state index is 2.41. The first kappa shape index (κ1) is 10.5. The molecule has 0 aromatic carbocycles. The maximum Gasteiger partial charge on any atom is 0.0324 e. The third-order valence-electron chi connectivity index (χ3n) is 2.37. The molecule has 0 unspecified atom stereocenters. The predicted molar refractivity (Wildman–Crippen MR) is 67.4 cm³/mol. The molecule has 0 N–H and O–H groups in total. The molecule has 0 bridgehead atoms. The fourth-order valence-corrected chi connectivity index (χ4v) is 3.77. The molecule has 0 nitrogen and oxygen atoms in total. The first-order valence-electron chi connectivity index (χ1n) is 4.90. The Morgan fingerprint density at radius 2 is 1.62 bits per heavy atom. The topological polar surface area (TPSA) is 0 Å². The first-order valence-corrected chi connectivity index (χ1v) is 8.40. The summed E-state index contributed by atoms with van der Waals surface area (Å²) in [6.45, 7) is 9.50. The molecule has 0 radical (unpaired) electrons. The maximum absolute atomic E-state index is 2.41. The smallest absolute Gasteiger partial charge is 0.0324 e. The molecular weight excluding hydrogens is 171 g/mol. The Balaban J connectivity index is 3.11. The molecular formula is C11H18BSi-. The van der Waals surface area contributed by atoms with Crippen molar-refractivity contribution in [3.05, 3.63) is 36.4 Å². The van der Waals surface area contributed by atoms with Crippen LogP contribution in [0.25, 0.3) is 0 Å². The highest BCUT2D eigenvalue weighted by Gasteiger charge is 2.11. The van der Waals surface area contributed by atoms with E-state index in [1.54, 1.807) is 5.09 Å². The van der Waals surface area contributed by atoms with Crippen LogP contribution in [0.1, 0.15) is 0 Å². The van der Waals surface area contributed by atoms with Crippen molar-refractivity contribution in [1.82, 2.24) is 0 Å². The molecule has 0 spiro atoms. The van der Waals surface area contributed by atoms with Crippen molar-refractivity contribution in [3.63, 3.8) is 0 Å². The molecule has 0 saturated carbocycles. The highest BCUT2D eigenvalue weighted by atomic mass is 28.3. The summed E-state index contributed by atoms with van der Waals surface area (Å²) in [6, 6.07) is 0. The molecule has 13 heavy (non-hydrogen) atoms. The molecule has 0 aromatic heterocycles. The normalized spacial score (nSPS) is 25.5. The van der Waals surface area contributed by atoms with Gasteiger partial charge >= 0.3 is 0 Å². The summed E-state index contributed by atoms with van der Waals surface area (Å²) in [7, 11) is -1.13. The van der Waals surface area contributed by atoms with E-state index < -0.39 is 8.07 Å². The second-order valence-electron chi connectivity index (χ2n) is 4.62. The van der Waals surface area contributed by atoms with E-state index in [4.69, 9.17) is 0 Å². The van der Waals surface area contributed by atoms with Crippen LogP contribution in [0.5, 0.6) is 0 Å². The SMILES string of the molecule is C[B-]1=C(\[Si](C)(C)C)C=CC=C/C=C\1. The summed E-state index contributed by atoms with van der Waals surface area (Å²) in [6.07, 6.45) is 11.4. The lowest BCUT2D eigenvalue weighted by atomic mass is 9.64. The molecule has 1 aliphatic rings. The molecule has 1 rings (SSSR count). The summed E-state index contributed by atoms with van der Waals surface area (Å²) in [5, 5.41) is 1.63. The fraction of sp³-hybridized carbons (Fsp3) is 0.364. The Kier molecular flexibility index (Phi) is 3.26. The van der Waals surface area contributed by atoms with Gasteiger partial charge in [-0.1, -0.05) is 37.9 Å². The van der Waals surface area contributed by atoms with E-state index in [-0.39, 0.29) is 0 Å². The lowest BCUT2D eigenvalue weighted by Gasteiger charge is -2.29. The van der Waals surface area contributed by atoms with Gasteiger partial charge in [0.1, 0.15) is 0 Å². The monoisotopic (exact) mass is 189 g/mol. The minimum absolute atomic E-state index is 0.605. The quantitative estimate of drug-likeness (QED) is 0.556. The first-order chi connectivity index (χ1) is 6.02. The average Bonchev–Trinajstić information content (AvgIpc) is 1.94. The zero-order valence-electron chi connectivity index (χ0n) is 9.04. The number of hydrogen-bond acceptors (Lipinski definition) is 0. The van der Waals surface area contributed by atoms with E-state index in [2.05, 4.69) is 62.8 Å². The van der Waals surface area contributed by atoms with Crippen LogP contribution in [0.2, 0.25) is 26.5 Å². The molecule has 0 fully saturated rings. The van der Waals surface area contributed by atoms with Crippen molar-refractivity contribution >= 4 is 19.5 Å². The average molecular weight is 189 g/mol. The lowest BCUT2D eigenvalue weighted by Crippen LogP contribution is -2.36. The Morgan fingerprint density at radius 1 is 1.00 bits per heavy atom. The van der Waals surface area contributed by atoms with Gasteiger partial charge in [-0.2, -0.15) is 0 Å². The van der Waals surface area contributed by atoms with Crippen LogP contribution in [0.3, 0.4) is 0 Å². The fourth-order valence-electron chi connectivity index (χ4n) is 1.71. The van der Waals surface area contributed by atoms with Gasteiger partial charge in [-0.3, -0.25) is 11.1 Å². The van der Waals surface area contributed by atoms with Crippen LogP contribution in [-0.2, 0) is 0 Å². The zero-order valence-corrected chi connectivity index (χ0v) is 10.0. The van der Waals surface area contributed by atoms with Gasteiger partial charge in [0.15, 0.2) is 0 Å². The molecule has 1 heterocycles. The van der Waals surface area contributed by atoms with Crippen LogP contribution in [0, 0.1) is 0 Å². The molecule has 0 saturated heterocycles. The summed E-state index contributed by atoms with van der Waals surface area (Å²) in [5.74, 6) is 2.29. The predicted octanol–water partition coefficient (Wildman–Crippen LogP) is 2.96. The van der Waals surface area contributed by atoms with Crippen molar-refractivity contribution in [2.45, 2.75) is 26.5 Å².